The molecule has 0 saturated carbocycles. The number of carbonyl (C=O) groups excluding carboxylic acids is 2. The zero-order chi connectivity index (χ0) is 19.7. The lowest BCUT2D eigenvalue weighted by Crippen LogP contribution is -2.39. The Balaban J connectivity index is 1.58. The van der Waals surface area contributed by atoms with Gasteiger partial charge < -0.3 is 10.2 Å². The van der Waals surface area contributed by atoms with Crippen molar-refractivity contribution in [2.75, 3.05) is 13.1 Å². The quantitative estimate of drug-likeness (QED) is 0.710. The molecule has 2 aromatic heterocycles. The summed E-state index contributed by atoms with van der Waals surface area (Å²) in [5.74, 6) is 1.00. The number of likely N-dealkylation sites (tertiary alicyclic amines) is 1. The molecule has 1 saturated heterocycles. The van der Waals surface area contributed by atoms with Crippen LogP contribution in [0, 0.1) is 6.92 Å². The number of H-pyrrole nitrogens is 1. The molecule has 3 heterocycles. The van der Waals surface area contributed by atoms with Gasteiger partial charge in [0.1, 0.15) is 5.82 Å². The van der Waals surface area contributed by atoms with Gasteiger partial charge in [-0.25, -0.2) is 4.98 Å². The van der Waals surface area contributed by atoms with Gasteiger partial charge in [0.25, 0.3) is 5.91 Å². The Morgan fingerprint density at radius 3 is 2.64 bits per heavy atom. The first kappa shape index (κ1) is 18.4. The lowest BCUT2D eigenvalue weighted by Gasteiger charge is -2.16. The molecule has 0 radical (unpaired) electrons. The number of aromatic amines is 1. The largest absolute Gasteiger partial charge is 0.351 e. The molecular formula is C20H21N5O2S. The van der Waals surface area contributed by atoms with E-state index < -0.39 is 0 Å². The topological polar surface area (TPSA) is 91.0 Å². The zero-order valence-corrected chi connectivity index (χ0v) is 16.5. The number of aromatic nitrogens is 3. The van der Waals surface area contributed by atoms with Crippen LogP contribution in [0.4, 0.5) is 0 Å². The Morgan fingerprint density at radius 2 is 1.96 bits per heavy atom. The van der Waals surface area contributed by atoms with E-state index in [0.29, 0.717) is 29.6 Å². The van der Waals surface area contributed by atoms with Crippen LogP contribution in [0.1, 0.15) is 33.2 Å². The van der Waals surface area contributed by atoms with Crippen molar-refractivity contribution in [1.82, 2.24) is 25.4 Å². The molecule has 1 aliphatic rings. The van der Waals surface area contributed by atoms with Crippen molar-refractivity contribution < 1.29 is 9.59 Å². The molecule has 0 aliphatic carbocycles. The average molecular weight is 395 g/mol. The summed E-state index contributed by atoms with van der Waals surface area (Å²) in [5, 5.41) is 10.3. The third-order valence-corrected chi connectivity index (χ3v) is 5.82. The van der Waals surface area contributed by atoms with Crippen molar-refractivity contribution in [3.63, 3.8) is 0 Å². The molecule has 0 bridgehead atoms. The molecule has 1 aromatic carbocycles. The molecule has 3 aromatic rings. The van der Waals surface area contributed by atoms with Crippen LogP contribution in [0.5, 0.6) is 0 Å². The molecule has 2 N–H and O–H groups in total. The molecule has 144 valence electrons. The molecule has 28 heavy (non-hydrogen) atoms. The Bertz CT molecular complexity index is 997. The molecule has 1 aliphatic heterocycles. The van der Waals surface area contributed by atoms with E-state index in [9.17, 15) is 9.59 Å². The fourth-order valence-electron chi connectivity index (χ4n) is 3.52. The molecule has 7 nitrogen and oxygen atoms in total. The molecular weight excluding hydrogens is 374 g/mol. The highest BCUT2D eigenvalue weighted by Gasteiger charge is 2.39. The highest BCUT2D eigenvalue weighted by Crippen LogP contribution is 2.29. The predicted octanol–water partition coefficient (Wildman–Crippen LogP) is 2.59. The monoisotopic (exact) mass is 395 g/mol. The zero-order valence-electron chi connectivity index (χ0n) is 15.7. The van der Waals surface area contributed by atoms with Gasteiger partial charge in [-0.2, -0.15) is 5.10 Å². The first-order valence-corrected chi connectivity index (χ1v) is 9.93. The summed E-state index contributed by atoms with van der Waals surface area (Å²) in [4.78, 5) is 32.8. The van der Waals surface area contributed by atoms with E-state index in [1.807, 2.05) is 49.4 Å². The van der Waals surface area contributed by atoms with E-state index in [2.05, 4.69) is 20.5 Å². The normalized spacial score (nSPS) is 19.0. The summed E-state index contributed by atoms with van der Waals surface area (Å²) in [5.41, 5.74) is 0.918. The maximum Gasteiger partial charge on any atom is 0.264 e. The number of carbonyl (C=O) groups is 2. The van der Waals surface area contributed by atoms with Crippen LogP contribution in [0.15, 0.2) is 42.5 Å². The molecule has 0 spiro atoms. The number of nitrogens with zero attached hydrogens (tertiary/aromatic N) is 3. The number of hydrogen-bond donors (Lipinski definition) is 2. The SMILES string of the molecule is CC(=O)N[C@@H]1CN(C(=O)c2ccc(C)s2)C[C@H]1c1nc(-c2ccccc2)n[nH]1. The van der Waals surface area contributed by atoms with Crippen molar-refractivity contribution in [3.8, 4) is 11.4 Å². The Labute approximate surface area is 166 Å². The van der Waals surface area contributed by atoms with Gasteiger partial charge in [0.15, 0.2) is 5.82 Å². The van der Waals surface area contributed by atoms with Crippen LogP contribution >= 0.6 is 11.3 Å². The van der Waals surface area contributed by atoms with Crippen molar-refractivity contribution >= 4 is 23.2 Å². The van der Waals surface area contributed by atoms with Gasteiger partial charge in [0.2, 0.25) is 5.91 Å². The van der Waals surface area contributed by atoms with Crippen LogP contribution < -0.4 is 5.32 Å². The summed E-state index contributed by atoms with van der Waals surface area (Å²) in [6.07, 6.45) is 0. The molecule has 8 heteroatoms. The Kier molecular flexibility index (Phi) is 4.95. The first-order valence-electron chi connectivity index (χ1n) is 9.12. The molecule has 2 amide bonds. The lowest BCUT2D eigenvalue weighted by atomic mass is 10.0. The van der Waals surface area contributed by atoms with Crippen LogP contribution in [0.2, 0.25) is 0 Å². The second kappa shape index (κ2) is 7.55. The third-order valence-electron chi connectivity index (χ3n) is 4.83. The van der Waals surface area contributed by atoms with E-state index in [1.54, 1.807) is 4.90 Å². The predicted molar refractivity (Wildman–Crippen MR) is 107 cm³/mol. The summed E-state index contributed by atoms with van der Waals surface area (Å²) in [6, 6.07) is 13.3. The molecule has 2 atom stereocenters. The number of aryl methyl sites for hydroxylation is 1. The van der Waals surface area contributed by atoms with Gasteiger partial charge in [0.05, 0.1) is 16.8 Å². The van der Waals surface area contributed by atoms with E-state index in [4.69, 9.17) is 0 Å². The van der Waals surface area contributed by atoms with Crippen LogP contribution in [0.25, 0.3) is 11.4 Å². The second-order valence-electron chi connectivity index (χ2n) is 6.94. The highest BCUT2D eigenvalue weighted by atomic mass is 32.1. The van der Waals surface area contributed by atoms with Crippen molar-refractivity contribution in [1.29, 1.82) is 0 Å². The van der Waals surface area contributed by atoms with E-state index in [1.165, 1.54) is 18.3 Å². The number of thiophene rings is 1. The van der Waals surface area contributed by atoms with Crippen molar-refractivity contribution in [3.05, 3.63) is 58.0 Å². The molecule has 0 unspecified atom stereocenters. The summed E-state index contributed by atoms with van der Waals surface area (Å²) in [7, 11) is 0. The van der Waals surface area contributed by atoms with Gasteiger partial charge >= 0.3 is 0 Å². The van der Waals surface area contributed by atoms with Crippen LogP contribution in [-0.2, 0) is 4.79 Å². The van der Waals surface area contributed by atoms with Gasteiger partial charge in [-0.1, -0.05) is 30.3 Å². The van der Waals surface area contributed by atoms with Crippen molar-refractivity contribution in [2.45, 2.75) is 25.8 Å². The summed E-state index contributed by atoms with van der Waals surface area (Å²) < 4.78 is 0. The Hall–Kier alpha value is -3.00. The second-order valence-corrected chi connectivity index (χ2v) is 8.23. The fourth-order valence-corrected chi connectivity index (χ4v) is 4.35. The maximum absolute atomic E-state index is 12.9. The van der Waals surface area contributed by atoms with Gasteiger partial charge in [-0.3, -0.25) is 14.7 Å². The van der Waals surface area contributed by atoms with E-state index in [-0.39, 0.29) is 23.8 Å². The molecule has 1 fully saturated rings. The number of benzene rings is 1. The number of amides is 2. The van der Waals surface area contributed by atoms with Gasteiger partial charge in [0, 0.05) is 30.5 Å². The highest BCUT2D eigenvalue weighted by molar-refractivity contribution is 7.13. The average Bonchev–Trinajstić information content (AvgIpc) is 3.41. The van der Waals surface area contributed by atoms with Gasteiger partial charge in [-0.05, 0) is 19.1 Å². The minimum Gasteiger partial charge on any atom is -0.351 e. The first-order chi connectivity index (χ1) is 13.5. The van der Waals surface area contributed by atoms with E-state index in [0.717, 1.165) is 10.4 Å². The minimum atomic E-state index is -0.209. The van der Waals surface area contributed by atoms with Gasteiger partial charge in [-0.15, -0.1) is 11.3 Å². The standard InChI is InChI=1S/C20H21N5O2S/c1-12-8-9-17(28-12)20(27)25-10-15(16(11-25)21-13(2)26)19-22-18(23-24-19)14-6-4-3-5-7-14/h3-9,15-16H,10-11H2,1-2H3,(H,21,26)(H,22,23,24)/t15-,16-/m1/s1. The van der Waals surface area contributed by atoms with E-state index >= 15 is 0 Å². The smallest absolute Gasteiger partial charge is 0.264 e. The maximum atomic E-state index is 12.9. The lowest BCUT2D eigenvalue weighted by molar-refractivity contribution is -0.119. The number of rotatable bonds is 4. The van der Waals surface area contributed by atoms with Crippen molar-refractivity contribution in [2.24, 2.45) is 0 Å². The third kappa shape index (κ3) is 3.68. The summed E-state index contributed by atoms with van der Waals surface area (Å²) >= 11 is 1.48. The molecule has 4 rings (SSSR count). The van der Waals surface area contributed by atoms with Crippen LogP contribution in [-0.4, -0.2) is 51.0 Å². The number of nitrogens with one attached hydrogen (secondary N) is 2. The van der Waals surface area contributed by atoms with Crippen LogP contribution in [0.3, 0.4) is 0 Å². The summed E-state index contributed by atoms with van der Waals surface area (Å²) in [6.45, 7) is 4.39. The fraction of sp³-hybridized carbons (Fsp3) is 0.300. The minimum absolute atomic E-state index is 0.0150. The number of hydrogen-bond acceptors (Lipinski definition) is 5. The Morgan fingerprint density at radius 1 is 1.18 bits per heavy atom.